The van der Waals surface area contributed by atoms with Gasteiger partial charge in [0.1, 0.15) is 5.69 Å². The summed E-state index contributed by atoms with van der Waals surface area (Å²) < 4.78 is 13.0. The van der Waals surface area contributed by atoms with Crippen LogP contribution in [0, 0.1) is 5.95 Å². The highest BCUT2D eigenvalue weighted by Gasteiger charge is 2.10. The van der Waals surface area contributed by atoms with E-state index in [9.17, 15) is 9.18 Å². The highest BCUT2D eigenvalue weighted by Crippen LogP contribution is 2.22. The second kappa shape index (κ2) is 5.05. The molecule has 0 saturated carbocycles. The van der Waals surface area contributed by atoms with Crippen molar-refractivity contribution in [1.29, 1.82) is 0 Å². The average Bonchev–Trinajstić information content (AvgIpc) is 2.47. The zero-order valence-corrected chi connectivity index (χ0v) is 10.4. The lowest BCUT2D eigenvalue weighted by Crippen LogP contribution is -2.14. The lowest BCUT2D eigenvalue weighted by Gasteiger charge is -2.07. The number of amides is 1. The van der Waals surface area contributed by atoms with E-state index in [1.165, 1.54) is 18.2 Å². The highest BCUT2D eigenvalue weighted by atomic mass is 19.1. The van der Waals surface area contributed by atoms with Gasteiger partial charge in [-0.05, 0) is 29.7 Å². The van der Waals surface area contributed by atoms with E-state index in [0.717, 1.165) is 10.8 Å². The Bertz CT molecular complexity index is 783. The van der Waals surface area contributed by atoms with Crippen molar-refractivity contribution in [2.75, 3.05) is 5.32 Å². The fourth-order valence-corrected chi connectivity index (χ4v) is 1.94. The predicted octanol–water partition coefficient (Wildman–Crippen LogP) is 3.02. The summed E-state index contributed by atoms with van der Waals surface area (Å²) in [5.74, 6) is -1.14. The van der Waals surface area contributed by atoms with Crippen molar-refractivity contribution < 1.29 is 9.18 Å². The van der Waals surface area contributed by atoms with Crippen LogP contribution in [0.3, 0.4) is 0 Å². The van der Waals surface area contributed by atoms with Crippen molar-refractivity contribution in [1.82, 2.24) is 9.97 Å². The van der Waals surface area contributed by atoms with Gasteiger partial charge in [0, 0.05) is 17.8 Å². The quantitative estimate of drug-likeness (QED) is 0.726. The molecule has 0 fully saturated rings. The largest absolute Gasteiger partial charge is 0.320 e. The second-order valence-corrected chi connectivity index (χ2v) is 4.20. The number of pyridine rings is 2. The molecule has 5 heteroatoms. The summed E-state index contributed by atoms with van der Waals surface area (Å²) in [7, 11) is 0. The number of aromatic nitrogens is 2. The van der Waals surface area contributed by atoms with Crippen molar-refractivity contribution in [2.45, 2.75) is 0 Å². The Morgan fingerprint density at radius 2 is 1.95 bits per heavy atom. The van der Waals surface area contributed by atoms with E-state index < -0.39 is 11.9 Å². The van der Waals surface area contributed by atoms with Crippen LogP contribution in [0.4, 0.5) is 10.1 Å². The Hall–Kier alpha value is -2.82. The van der Waals surface area contributed by atoms with Gasteiger partial charge in [-0.1, -0.05) is 18.2 Å². The minimum absolute atomic E-state index is 0.0332. The van der Waals surface area contributed by atoms with Crippen LogP contribution in [0.2, 0.25) is 0 Å². The third kappa shape index (κ3) is 2.33. The first-order valence-electron chi connectivity index (χ1n) is 6.01. The number of carbonyl (C=O) groups is 1. The standard InChI is InChI=1S/C15H10FN3O/c16-14-6-2-5-13(18-14)15(20)19-12-4-1-3-10-7-8-17-9-11(10)12/h1-9H,(H,19,20). The molecular weight excluding hydrogens is 257 g/mol. The summed E-state index contributed by atoms with van der Waals surface area (Å²) in [4.78, 5) is 19.6. The van der Waals surface area contributed by atoms with Crippen LogP contribution >= 0.6 is 0 Å². The number of carbonyl (C=O) groups excluding carboxylic acids is 1. The van der Waals surface area contributed by atoms with Gasteiger partial charge < -0.3 is 5.32 Å². The maximum absolute atomic E-state index is 13.0. The summed E-state index contributed by atoms with van der Waals surface area (Å²) in [5.41, 5.74) is 0.651. The smallest absolute Gasteiger partial charge is 0.274 e. The zero-order valence-electron chi connectivity index (χ0n) is 10.4. The Balaban J connectivity index is 1.95. The Morgan fingerprint density at radius 3 is 2.80 bits per heavy atom. The number of nitrogens with zero attached hydrogens (tertiary/aromatic N) is 2. The molecule has 0 aliphatic carbocycles. The molecule has 0 bridgehead atoms. The number of halogens is 1. The van der Waals surface area contributed by atoms with Gasteiger partial charge in [-0.3, -0.25) is 9.78 Å². The summed E-state index contributed by atoms with van der Waals surface area (Å²) in [6, 6.07) is 11.5. The number of rotatable bonds is 2. The summed E-state index contributed by atoms with van der Waals surface area (Å²) in [6.45, 7) is 0. The van der Waals surface area contributed by atoms with E-state index in [1.807, 2.05) is 18.2 Å². The van der Waals surface area contributed by atoms with E-state index in [1.54, 1.807) is 18.5 Å². The van der Waals surface area contributed by atoms with Crippen LogP contribution in [0.25, 0.3) is 10.8 Å². The summed E-state index contributed by atoms with van der Waals surface area (Å²) >= 11 is 0. The normalized spacial score (nSPS) is 10.4. The van der Waals surface area contributed by atoms with Crippen LogP contribution < -0.4 is 5.32 Å². The fourth-order valence-electron chi connectivity index (χ4n) is 1.94. The van der Waals surface area contributed by atoms with E-state index in [2.05, 4.69) is 15.3 Å². The van der Waals surface area contributed by atoms with Gasteiger partial charge in [0.25, 0.3) is 5.91 Å². The molecule has 0 radical (unpaired) electrons. The maximum atomic E-state index is 13.0. The molecule has 98 valence electrons. The molecule has 0 saturated heterocycles. The molecule has 2 aromatic heterocycles. The van der Waals surface area contributed by atoms with Crippen LogP contribution in [0.1, 0.15) is 10.5 Å². The number of nitrogens with one attached hydrogen (secondary N) is 1. The molecule has 20 heavy (non-hydrogen) atoms. The van der Waals surface area contributed by atoms with Crippen LogP contribution in [0.5, 0.6) is 0 Å². The first-order valence-corrected chi connectivity index (χ1v) is 6.01. The minimum Gasteiger partial charge on any atom is -0.320 e. The van der Waals surface area contributed by atoms with Gasteiger partial charge in [0.15, 0.2) is 0 Å². The molecule has 0 unspecified atom stereocenters. The van der Waals surface area contributed by atoms with Gasteiger partial charge in [-0.15, -0.1) is 0 Å². The zero-order chi connectivity index (χ0) is 13.9. The van der Waals surface area contributed by atoms with Gasteiger partial charge >= 0.3 is 0 Å². The molecule has 2 heterocycles. The summed E-state index contributed by atoms with van der Waals surface area (Å²) in [5, 5.41) is 4.50. The molecule has 0 aliphatic rings. The van der Waals surface area contributed by atoms with Gasteiger partial charge in [0.2, 0.25) is 5.95 Å². The van der Waals surface area contributed by atoms with E-state index in [4.69, 9.17) is 0 Å². The van der Waals surface area contributed by atoms with Gasteiger partial charge in [-0.25, -0.2) is 4.98 Å². The molecule has 0 aliphatic heterocycles. The number of fused-ring (bicyclic) bond motifs is 1. The molecular formula is C15H10FN3O. The lowest BCUT2D eigenvalue weighted by molar-refractivity contribution is 0.102. The highest BCUT2D eigenvalue weighted by molar-refractivity contribution is 6.08. The van der Waals surface area contributed by atoms with E-state index in [-0.39, 0.29) is 5.69 Å². The first-order chi connectivity index (χ1) is 9.74. The molecule has 1 aromatic carbocycles. The van der Waals surface area contributed by atoms with Crippen molar-refractivity contribution >= 4 is 22.4 Å². The molecule has 1 N–H and O–H groups in total. The topological polar surface area (TPSA) is 54.9 Å². The van der Waals surface area contributed by atoms with Gasteiger partial charge in [0.05, 0.1) is 5.69 Å². The van der Waals surface area contributed by atoms with Crippen LogP contribution in [-0.4, -0.2) is 15.9 Å². The van der Waals surface area contributed by atoms with Crippen molar-refractivity contribution in [3.8, 4) is 0 Å². The third-order valence-corrected chi connectivity index (χ3v) is 2.88. The molecule has 0 spiro atoms. The van der Waals surface area contributed by atoms with Crippen molar-refractivity contribution in [3.63, 3.8) is 0 Å². The maximum Gasteiger partial charge on any atom is 0.274 e. The van der Waals surface area contributed by atoms with Crippen LogP contribution in [-0.2, 0) is 0 Å². The number of hydrogen-bond donors (Lipinski definition) is 1. The first kappa shape index (κ1) is 12.2. The third-order valence-electron chi connectivity index (χ3n) is 2.88. The predicted molar refractivity (Wildman–Crippen MR) is 73.9 cm³/mol. The summed E-state index contributed by atoms with van der Waals surface area (Å²) in [6.07, 6.45) is 3.35. The molecule has 1 amide bonds. The average molecular weight is 267 g/mol. The Morgan fingerprint density at radius 1 is 1.10 bits per heavy atom. The van der Waals surface area contributed by atoms with Gasteiger partial charge in [-0.2, -0.15) is 4.39 Å². The van der Waals surface area contributed by atoms with Crippen LogP contribution in [0.15, 0.2) is 54.9 Å². The molecule has 4 nitrogen and oxygen atoms in total. The molecule has 3 rings (SSSR count). The van der Waals surface area contributed by atoms with E-state index >= 15 is 0 Å². The Labute approximate surface area is 114 Å². The number of anilines is 1. The van der Waals surface area contributed by atoms with E-state index in [0.29, 0.717) is 5.69 Å². The fraction of sp³-hybridized carbons (Fsp3) is 0. The molecule has 0 atom stereocenters. The Kier molecular flexibility index (Phi) is 3.09. The van der Waals surface area contributed by atoms with Crippen molar-refractivity contribution in [3.05, 3.63) is 66.5 Å². The molecule has 3 aromatic rings. The number of benzene rings is 1. The lowest BCUT2D eigenvalue weighted by atomic mass is 10.1. The van der Waals surface area contributed by atoms with Crippen molar-refractivity contribution in [2.24, 2.45) is 0 Å². The second-order valence-electron chi connectivity index (χ2n) is 4.20. The minimum atomic E-state index is -0.683. The number of hydrogen-bond acceptors (Lipinski definition) is 3. The SMILES string of the molecule is O=C(Nc1cccc2ccncc12)c1cccc(F)n1. The monoisotopic (exact) mass is 267 g/mol.